The Morgan fingerprint density at radius 3 is 2.12 bits per heavy atom. The number of carbonyl (C=O) groups is 2. The first-order valence-corrected chi connectivity index (χ1v) is 5.94. The van der Waals surface area contributed by atoms with E-state index in [0.29, 0.717) is 12.5 Å². The molecule has 0 bridgehead atoms. The van der Waals surface area contributed by atoms with Gasteiger partial charge >= 0.3 is 0 Å². The summed E-state index contributed by atoms with van der Waals surface area (Å²) in [7, 11) is 0. The van der Waals surface area contributed by atoms with E-state index in [4.69, 9.17) is 5.73 Å². The van der Waals surface area contributed by atoms with Crippen LogP contribution in [0.5, 0.6) is 0 Å². The number of rotatable bonds is 5. The first-order chi connectivity index (χ1) is 7.64. The summed E-state index contributed by atoms with van der Waals surface area (Å²) in [6, 6.07) is -0.611. The van der Waals surface area contributed by atoms with Gasteiger partial charge in [0.05, 0.1) is 12.6 Å². The van der Waals surface area contributed by atoms with E-state index in [0.717, 1.165) is 0 Å². The largest absolute Gasteiger partial charge is 0.354 e. The van der Waals surface area contributed by atoms with Crippen molar-refractivity contribution in [1.82, 2.24) is 10.6 Å². The van der Waals surface area contributed by atoms with E-state index in [1.165, 1.54) is 0 Å². The molecule has 0 heterocycles. The molecule has 0 aromatic rings. The van der Waals surface area contributed by atoms with Crippen LogP contribution in [0.1, 0.15) is 34.6 Å². The van der Waals surface area contributed by atoms with E-state index in [2.05, 4.69) is 10.6 Å². The molecule has 5 heteroatoms. The van der Waals surface area contributed by atoms with Crippen LogP contribution in [0.25, 0.3) is 0 Å². The van der Waals surface area contributed by atoms with E-state index < -0.39 is 6.04 Å². The molecule has 5 nitrogen and oxygen atoms in total. The number of carbonyl (C=O) groups excluding carboxylic acids is 2. The summed E-state index contributed by atoms with van der Waals surface area (Å²) in [6.45, 7) is 10.3. The predicted molar refractivity (Wildman–Crippen MR) is 68.3 cm³/mol. The maximum atomic E-state index is 11.6. The summed E-state index contributed by atoms with van der Waals surface area (Å²) >= 11 is 0. The summed E-state index contributed by atoms with van der Waals surface area (Å²) in [5.41, 5.74) is 5.45. The second-order valence-corrected chi connectivity index (χ2v) is 5.76. The lowest BCUT2D eigenvalue weighted by molar-refractivity contribution is -0.128. The number of hydrogen-bond donors (Lipinski definition) is 3. The van der Waals surface area contributed by atoms with Gasteiger partial charge in [0.2, 0.25) is 11.8 Å². The van der Waals surface area contributed by atoms with Crippen molar-refractivity contribution in [3.8, 4) is 0 Å². The first-order valence-electron chi connectivity index (χ1n) is 5.94. The van der Waals surface area contributed by atoms with Crippen LogP contribution in [0.3, 0.4) is 0 Å². The fourth-order valence-corrected chi connectivity index (χ4v) is 1.05. The molecule has 0 aliphatic heterocycles. The Kier molecular flexibility index (Phi) is 6.16. The van der Waals surface area contributed by atoms with Gasteiger partial charge in [-0.3, -0.25) is 9.59 Å². The zero-order chi connectivity index (χ0) is 13.6. The molecule has 0 aliphatic carbocycles. The average molecular weight is 243 g/mol. The van der Waals surface area contributed by atoms with Crippen LogP contribution in [-0.4, -0.2) is 30.9 Å². The summed E-state index contributed by atoms with van der Waals surface area (Å²) in [5, 5.41) is 5.26. The lowest BCUT2D eigenvalue weighted by Crippen LogP contribution is -2.50. The van der Waals surface area contributed by atoms with Crippen molar-refractivity contribution in [3.63, 3.8) is 0 Å². The molecule has 1 atom stereocenters. The van der Waals surface area contributed by atoms with E-state index in [-0.39, 0.29) is 23.8 Å². The van der Waals surface area contributed by atoms with Gasteiger partial charge in [-0.2, -0.15) is 0 Å². The molecule has 17 heavy (non-hydrogen) atoms. The lowest BCUT2D eigenvalue weighted by Gasteiger charge is -2.25. The van der Waals surface area contributed by atoms with E-state index in [1.54, 1.807) is 0 Å². The minimum atomic E-state index is -0.611. The maximum absolute atomic E-state index is 11.6. The molecule has 0 radical (unpaired) electrons. The summed E-state index contributed by atoms with van der Waals surface area (Å²) in [4.78, 5) is 23.0. The summed E-state index contributed by atoms with van der Waals surface area (Å²) < 4.78 is 0. The van der Waals surface area contributed by atoms with Crippen LogP contribution in [0.15, 0.2) is 0 Å². The van der Waals surface area contributed by atoms with Gasteiger partial charge in [-0.15, -0.1) is 0 Å². The highest BCUT2D eigenvalue weighted by Crippen LogP contribution is 2.16. The monoisotopic (exact) mass is 243 g/mol. The Morgan fingerprint density at radius 1 is 1.18 bits per heavy atom. The lowest BCUT2D eigenvalue weighted by atomic mass is 9.87. The van der Waals surface area contributed by atoms with Gasteiger partial charge in [0.1, 0.15) is 0 Å². The number of amides is 2. The molecule has 0 saturated carbocycles. The Labute approximate surface area is 104 Å². The fourth-order valence-electron chi connectivity index (χ4n) is 1.05. The topological polar surface area (TPSA) is 84.2 Å². The van der Waals surface area contributed by atoms with Crippen LogP contribution in [0, 0.1) is 11.3 Å². The molecule has 0 aromatic heterocycles. The van der Waals surface area contributed by atoms with E-state index in [9.17, 15) is 9.59 Å². The second-order valence-electron chi connectivity index (χ2n) is 5.76. The second kappa shape index (κ2) is 6.59. The highest BCUT2D eigenvalue weighted by molar-refractivity contribution is 5.87. The third kappa shape index (κ3) is 6.94. The molecule has 0 aromatic carbocycles. The van der Waals surface area contributed by atoms with Crippen molar-refractivity contribution in [2.24, 2.45) is 17.1 Å². The molecule has 0 aliphatic rings. The molecular weight excluding hydrogens is 218 g/mol. The van der Waals surface area contributed by atoms with Gasteiger partial charge in [0.25, 0.3) is 0 Å². The van der Waals surface area contributed by atoms with Gasteiger partial charge in [0, 0.05) is 6.54 Å². The standard InChI is InChI=1S/C12H25N3O2/c1-8(2)6-14-9(16)7-15-11(17)10(13)12(3,4)5/h8,10H,6-7,13H2,1-5H3,(H,14,16)(H,15,17)/t10-/m0/s1. The van der Waals surface area contributed by atoms with Gasteiger partial charge in [-0.25, -0.2) is 0 Å². The Morgan fingerprint density at radius 2 is 1.71 bits per heavy atom. The van der Waals surface area contributed by atoms with Gasteiger partial charge in [-0.1, -0.05) is 34.6 Å². The van der Waals surface area contributed by atoms with Crippen molar-refractivity contribution >= 4 is 11.8 Å². The maximum Gasteiger partial charge on any atom is 0.239 e. The van der Waals surface area contributed by atoms with Crippen molar-refractivity contribution < 1.29 is 9.59 Å². The van der Waals surface area contributed by atoms with Crippen molar-refractivity contribution in [2.75, 3.05) is 13.1 Å². The van der Waals surface area contributed by atoms with Gasteiger partial charge < -0.3 is 16.4 Å². The number of nitrogens with two attached hydrogens (primary N) is 1. The van der Waals surface area contributed by atoms with Crippen LogP contribution in [0.4, 0.5) is 0 Å². The van der Waals surface area contributed by atoms with E-state index in [1.807, 2.05) is 34.6 Å². The van der Waals surface area contributed by atoms with Gasteiger partial charge in [0.15, 0.2) is 0 Å². The summed E-state index contributed by atoms with van der Waals surface area (Å²) in [5.74, 6) is -0.0863. The molecule has 0 spiro atoms. The zero-order valence-corrected chi connectivity index (χ0v) is 11.5. The summed E-state index contributed by atoms with van der Waals surface area (Å²) in [6.07, 6.45) is 0. The van der Waals surface area contributed by atoms with Crippen LogP contribution in [-0.2, 0) is 9.59 Å². The van der Waals surface area contributed by atoms with E-state index >= 15 is 0 Å². The SMILES string of the molecule is CC(C)CNC(=O)CNC(=O)[C@H](N)C(C)(C)C. The highest BCUT2D eigenvalue weighted by Gasteiger charge is 2.27. The minimum Gasteiger partial charge on any atom is -0.354 e. The van der Waals surface area contributed by atoms with Crippen molar-refractivity contribution in [3.05, 3.63) is 0 Å². The van der Waals surface area contributed by atoms with Crippen LogP contribution < -0.4 is 16.4 Å². The first kappa shape index (κ1) is 15.9. The molecule has 0 saturated heterocycles. The Hall–Kier alpha value is -1.10. The number of nitrogens with one attached hydrogen (secondary N) is 2. The Bertz CT molecular complexity index is 269. The molecule has 0 rings (SSSR count). The molecule has 0 unspecified atom stereocenters. The molecular formula is C12H25N3O2. The smallest absolute Gasteiger partial charge is 0.239 e. The highest BCUT2D eigenvalue weighted by atomic mass is 16.2. The minimum absolute atomic E-state index is 0.0185. The Balaban J connectivity index is 3.96. The molecule has 0 fully saturated rings. The average Bonchev–Trinajstić information content (AvgIpc) is 2.20. The molecule has 2 amide bonds. The number of hydrogen-bond acceptors (Lipinski definition) is 3. The third-order valence-electron chi connectivity index (χ3n) is 2.35. The van der Waals surface area contributed by atoms with Crippen LogP contribution in [0.2, 0.25) is 0 Å². The van der Waals surface area contributed by atoms with Crippen LogP contribution >= 0.6 is 0 Å². The predicted octanol–water partition coefficient (Wildman–Crippen LogP) is 0.248. The third-order valence-corrected chi connectivity index (χ3v) is 2.35. The molecule has 100 valence electrons. The normalized spacial score (nSPS) is 13.4. The quantitative estimate of drug-likeness (QED) is 0.647. The van der Waals surface area contributed by atoms with Gasteiger partial charge in [-0.05, 0) is 11.3 Å². The zero-order valence-electron chi connectivity index (χ0n) is 11.5. The van der Waals surface area contributed by atoms with Crippen molar-refractivity contribution in [1.29, 1.82) is 0 Å². The molecule has 4 N–H and O–H groups in total. The fraction of sp³-hybridized carbons (Fsp3) is 0.833. The van der Waals surface area contributed by atoms with Crippen molar-refractivity contribution in [2.45, 2.75) is 40.7 Å².